The fraction of sp³-hybridized carbons (Fsp3) is 0.600. The number of nitrogens with two attached hydrogens (primary N) is 1. The summed E-state index contributed by atoms with van der Waals surface area (Å²) in [7, 11) is -3.47. The molecule has 1 aromatic rings. The van der Waals surface area contributed by atoms with Crippen molar-refractivity contribution in [3.63, 3.8) is 0 Å². The highest BCUT2D eigenvalue weighted by Gasteiger charge is 2.24. The molecule has 100 valence electrons. The van der Waals surface area contributed by atoms with Crippen LogP contribution in [-0.2, 0) is 16.4 Å². The van der Waals surface area contributed by atoms with Crippen molar-refractivity contribution in [3.05, 3.63) is 0 Å². The third-order valence-corrected chi connectivity index (χ3v) is 3.32. The highest BCUT2D eigenvalue weighted by molar-refractivity contribution is 7.91. The van der Waals surface area contributed by atoms with Crippen LogP contribution in [0.2, 0.25) is 0 Å². The van der Waals surface area contributed by atoms with Crippen molar-refractivity contribution in [2.75, 3.05) is 17.3 Å². The zero-order valence-electron chi connectivity index (χ0n) is 10.6. The van der Waals surface area contributed by atoms with E-state index < -0.39 is 9.84 Å². The van der Waals surface area contributed by atoms with E-state index in [1.54, 1.807) is 0 Å². The summed E-state index contributed by atoms with van der Waals surface area (Å²) in [5.41, 5.74) is 5.78. The van der Waals surface area contributed by atoms with Crippen LogP contribution in [0.5, 0.6) is 0 Å². The van der Waals surface area contributed by atoms with Gasteiger partial charge in [0.05, 0.1) is 19.0 Å². The summed E-state index contributed by atoms with van der Waals surface area (Å²) in [6.07, 6.45) is 1.30. The molecule has 0 atom stereocenters. The number of hydrogen-bond acceptors (Lipinski definition) is 6. The SMILES string of the molecule is CC(C)Nc1nn(CCC#N)c(N)c1S(C)(=O)=O. The number of sulfone groups is 1. The Labute approximate surface area is 107 Å². The van der Waals surface area contributed by atoms with E-state index in [0.29, 0.717) is 0 Å². The van der Waals surface area contributed by atoms with E-state index in [0.717, 1.165) is 6.26 Å². The van der Waals surface area contributed by atoms with E-state index in [1.807, 2.05) is 19.9 Å². The number of nitrogens with one attached hydrogen (secondary N) is 1. The molecule has 1 aromatic heterocycles. The van der Waals surface area contributed by atoms with Crippen LogP contribution in [-0.4, -0.2) is 30.5 Å². The fourth-order valence-corrected chi connectivity index (χ4v) is 2.45. The Morgan fingerprint density at radius 2 is 2.17 bits per heavy atom. The standard InChI is InChI=1S/C10H17N5O2S/c1-7(2)13-10-8(18(3,16)17)9(12)15(14-10)6-4-5-11/h7H,4,6,12H2,1-3H3,(H,13,14). The zero-order valence-corrected chi connectivity index (χ0v) is 11.5. The van der Waals surface area contributed by atoms with Crippen molar-refractivity contribution in [2.45, 2.75) is 37.8 Å². The highest BCUT2D eigenvalue weighted by atomic mass is 32.2. The van der Waals surface area contributed by atoms with Gasteiger partial charge in [0.15, 0.2) is 20.6 Å². The number of hydrogen-bond donors (Lipinski definition) is 2. The number of nitrogen functional groups attached to an aromatic ring is 1. The Kier molecular flexibility index (Phi) is 4.19. The van der Waals surface area contributed by atoms with Gasteiger partial charge in [-0.3, -0.25) is 0 Å². The smallest absolute Gasteiger partial charge is 0.182 e. The van der Waals surface area contributed by atoms with Gasteiger partial charge in [0, 0.05) is 12.3 Å². The molecule has 0 fully saturated rings. The summed E-state index contributed by atoms with van der Waals surface area (Å²) >= 11 is 0. The summed E-state index contributed by atoms with van der Waals surface area (Å²) in [6.45, 7) is 4.01. The maximum Gasteiger partial charge on any atom is 0.182 e. The summed E-state index contributed by atoms with van der Waals surface area (Å²) in [6, 6.07) is 2.00. The van der Waals surface area contributed by atoms with Gasteiger partial charge in [-0.15, -0.1) is 0 Å². The monoisotopic (exact) mass is 271 g/mol. The average Bonchev–Trinajstić information content (AvgIpc) is 2.50. The molecule has 0 saturated heterocycles. The third kappa shape index (κ3) is 3.13. The summed E-state index contributed by atoms with van der Waals surface area (Å²) in [5, 5.41) is 15.6. The second kappa shape index (κ2) is 5.27. The first-order valence-corrected chi connectivity index (χ1v) is 7.36. The number of rotatable bonds is 5. The van der Waals surface area contributed by atoms with Crippen LogP contribution in [0.3, 0.4) is 0 Å². The molecule has 8 heteroatoms. The molecule has 0 bridgehead atoms. The highest BCUT2D eigenvalue weighted by Crippen LogP contribution is 2.27. The van der Waals surface area contributed by atoms with E-state index in [1.165, 1.54) is 4.68 Å². The first kappa shape index (κ1) is 14.3. The van der Waals surface area contributed by atoms with Crippen LogP contribution in [0.1, 0.15) is 20.3 Å². The first-order valence-electron chi connectivity index (χ1n) is 5.47. The number of nitrogens with zero attached hydrogens (tertiary/aromatic N) is 3. The molecule has 3 N–H and O–H groups in total. The molecule has 1 heterocycles. The predicted molar refractivity (Wildman–Crippen MR) is 68.7 cm³/mol. The Morgan fingerprint density at radius 3 is 2.61 bits per heavy atom. The van der Waals surface area contributed by atoms with Crippen LogP contribution in [0, 0.1) is 11.3 Å². The van der Waals surface area contributed by atoms with Gasteiger partial charge in [-0.25, -0.2) is 13.1 Å². The van der Waals surface area contributed by atoms with Gasteiger partial charge in [-0.1, -0.05) is 0 Å². The maximum absolute atomic E-state index is 11.7. The van der Waals surface area contributed by atoms with E-state index in [9.17, 15) is 8.42 Å². The molecule has 0 aromatic carbocycles. The van der Waals surface area contributed by atoms with Crippen molar-refractivity contribution in [3.8, 4) is 6.07 Å². The van der Waals surface area contributed by atoms with Crippen molar-refractivity contribution >= 4 is 21.5 Å². The van der Waals surface area contributed by atoms with E-state index in [4.69, 9.17) is 11.0 Å². The number of aromatic nitrogens is 2. The molecule has 0 aliphatic carbocycles. The summed E-state index contributed by atoms with van der Waals surface area (Å²) < 4.78 is 24.7. The van der Waals surface area contributed by atoms with Gasteiger partial charge in [0.1, 0.15) is 5.82 Å². The molecule has 0 aliphatic heterocycles. The molecule has 0 amide bonds. The zero-order chi connectivity index (χ0) is 13.9. The number of aryl methyl sites for hydroxylation is 1. The maximum atomic E-state index is 11.7. The minimum atomic E-state index is -3.47. The number of nitriles is 1. The van der Waals surface area contributed by atoms with E-state index in [2.05, 4.69) is 10.4 Å². The molecular weight excluding hydrogens is 254 g/mol. The normalized spacial score (nSPS) is 11.5. The first-order chi connectivity index (χ1) is 8.27. The summed E-state index contributed by atoms with van der Waals surface area (Å²) in [5.74, 6) is 0.304. The second-order valence-electron chi connectivity index (χ2n) is 4.27. The lowest BCUT2D eigenvalue weighted by molar-refractivity contribution is 0.601. The molecule has 18 heavy (non-hydrogen) atoms. The van der Waals surface area contributed by atoms with Gasteiger partial charge in [0.2, 0.25) is 0 Å². The van der Waals surface area contributed by atoms with Gasteiger partial charge < -0.3 is 11.1 Å². The largest absolute Gasteiger partial charge is 0.383 e. The van der Waals surface area contributed by atoms with Crippen LogP contribution in [0.15, 0.2) is 4.90 Å². The average molecular weight is 271 g/mol. The van der Waals surface area contributed by atoms with Crippen molar-refractivity contribution in [2.24, 2.45) is 0 Å². The summed E-state index contributed by atoms with van der Waals surface area (Å²) in [4.78, 5) is -0.00543. The Morgan fingerprint density at radius 1 is 1.56 bits per heavy atom. The Balaban J connectivity index is 3.28. The second-order valence-corrected chi connectivity index (χ2v) is 6.22. The molecular formula is C10H17N5O2S. The van der Waals surface area contributed by atoms with Gasteiger partial charge in [0.25, 0.3) is 0 Å². The third-order valence-electron chi connectivity index (χ3n) is 2.18. The Hall–Kier alpha value is -1.75. The molecule has 0 spiro atoms. The topological polar surface area (TPSA) is 114 Å². The Bertz CT molecular complexity index is 568. The van der Waals surface area contributed by atoms with Crippen LogP contribution in [0.25, 0.3) is 0 Å². The quantitative estimate of drug-likeness (QED) is 0.810. The van der Waals surface area contributed by atoms with Crippen LogP contribution < -0.4 is 11.1 Å². The molecule has 7 nitrogen and oxygen atoms in total. The van der Waals surface area contributed by atoms with E-state index >= 15 is 0 Å². The lowest BCUT2D eigenvalue weighted by Gasteiger charge is -2.07. The molecule has 0 unspecified atom stereocenters. The van der Waals surface area contributed by atoms with Crippen LogP contribution in [0.4, 0.5) is 11.6 Å². The fourth-order valence-electron chi connectivity index (χ4n) is 1.52. The molecule has 1 rings (SSSR count). The van der Waals surface area contributed by atoms with Crippen LogP contribution >= 0.6 is 0 Å². The van der Waals surface area contributed by atoms with Gasteiger partial charge in [-0.2, -0.15) is 10.4 Å². The number of anilines is 2. The predicted octanol–water partition coefficient (Wildman–Crippen LogP) is 0.603. The van der Waals surface area contributed by atoms with E-state index in [-0.39, 0.29) is 35.5 Å². The lowest BCUT2D eigenvalue weighted by atomic mass is 10.4. The van der Waals surface area contributed by atoms with Gasteiger partial charge >= 0.3 is 0 Å². The van der Waals surface area contributed by atoms with Crippen molar-refractivity contribution < 1.29 is 8.42 Å². The molecule has 0 aliphatic rings. The molecule has 0 radical (unpaired) electrons. The minimum Gasteiger partial charge on any atom is -0.383 e. The minimum absolute atomic E-state index is 0.00543. The van der Waals surface area contributed by atoms with Crippen molar-refractivity contribution in [1.82, 2.24) is 9.78 Å². The molecule has 0 saturated carbocycles. The van der Waals surface area contributed by atoms with Gasteiger partial charge in [-0.05, 0) is 13.8 Å². The lowest BCUT2D eigenvalue weighted by Crippen LogP contribution is -2.13. The van der Waals surface area contributed by atoms with Crippen molar-refractivity contribution in [1.29, 1.82) is 5.26 Å².